The van der Waals surface area contributed by atoms with Crippen LogP contribution in [0.1, 0.15) is 303 Å². The van der Waals surface area contributed by atoms with Crippen molar-refractivity contribution >= 4 is 5.91 Å². The summed E-state index contributed by atoms with van der Waals surface area (Å²) in [5.74, 6) is -0.509. The van der Waals surface area contributed by atoms with Gasteiger partial charge in [-0.1, -0.05) is 281 Å². The van der Waals surface area contributed by atoms with Crippen molar-refractivity contribution in [1.29, 1.82) is 0 Å². The van der Waals surface area contributed by atoms with Gasteiger partial charge in [-0.3, -0.25) is 4.79 Å². The average molecular weight is 887 g/mol. The molecule has 0 spiro atoms. The largest absolute Gasteiger partial charge is 0.394 e. The minimum atomic E-state index is -1.11. The number of amides is 1. The van der Waals surface area contributed by atoms with Crippen molar-refractivity contribution in [2.45, 2.75) is 321 Å². The summed E-state index contributed by atoms with van der Waals surface area (Å²) in [4.78, 5) is 12.5. The number of carbonyl (C=O) groups is 1. The number of unbranched alkanes of at least 4 members (excludes halogenated alkanes) is 40. The van der Waals surface area contributed by atoms with E-state index in [2.05, 4.69) is 43.5 Å². The minimum absolute atomic E-state index is 0.374. The first kappa shape index (κ1) is 61.6. The van der Waals surface area contributed by atoms with Gasteiger partial charge < -0.3 is 20.6 Å². The monoisotopic (exact) mass is 886 g/mol. The highest BCUT2D eigenvalue weighted by molar-refractivity contribution is 5.80. The number of hydrogen-bond donors (Lipinski definition) is 4. The van der Waals surface area contributed by atoms with Crippen LogP contribution >= 0.6 is 0 Å². The van der Waals surface area contributed by atoms with Crippen LogP contribution in [0.3, 0.4) is 0 Å². The van der Waals surface area contributed by atoms with E-state index < -0.39 is 24.2 Å². The molecule has 372 valence electrons. The highest BCUT2D eigenvalue weighted by Gasteiger charge is 2.22. The lowest BCUT2D eigenvalue weighted by Gasteiger charge is -2.21. The van der Waals surface area contributed by atoms with E-state index in [9.17, 15) is 20.1 Å². The molecule has 5 nitrogen and oxygen atoms in total. The normalized spacial score (nSPS) is 13.5. The van der Waals surface area contributed by atoms with E-state index in [-0.39, 0.29) is 6.61 Å². The second-order valence-electron chi connectivity index (χ2n) is 19.5. The summed E-state index contributed by atoms with van der Waals surface area (Å²) < 4.78 is 0. The molecule has 4 N–H and O–H groups in total. The van der Waals surface area contributed by atoms with Gasteiger partial charge in [0.05, 0.1) is 18.8 Å². The zero-order valence-electron chi connectivity index (χ0n) is 42.5. The summed E-state index contributed by atoms with van der Waals surface area (Å²) in [6.07, 6.45) is 69.4. The molecule has 0 aromatic carbocycles. The third kappa shape index (κ3) is 48.3. The van der Waals surface area contributed by atoms with Crippen LogP contribution < -0.4 is 5.32 Å². The molecule has 0 heterocycles. The maximum Gasteiger partial charge on any atom is 0.249 e. The number of carbonyl (C=O) groups excluding carboxylic acids is 1. The molecule has 0 radical (unpaired) electrons. The molecule has 0 aromatic rings. The van der Waals surface area contributed by atoms with Crippen molar-refractivity contribution in [3.63, 3.8) is 0 Å². The molecular weight excluding hydrogens is 775 g/mol. The quantitative estimate of drug-likeness (QED) is 0.0362. The van der Waals surface area contributed by atoms with Crippen molar-refractivity contribution in [3.05, 3.63) is 36.5 Å². The highest BCUT2D eigenvalue weighted by atomic mass is 16.3. The first-order valence-electron chi connectivity index (χ1n) is 28.3. The molecule has 0 saturated carbocycles. The van der Waals surface area contributed by atoms with Gasteiger partial charge >= 0.3 is 0 Å². The molecule has 0 rings (SSSR count). The van der Waals surface area contributed by atoms with E-state index in [1.807, 2.05) is 6.08 Å². The molecule has 5 heteroatoms. The van der Waals surface area contributed by atoms with Crippen LogP contribution in [0.2, 0.25) is 0 Å². The Labute approximate surface area is 394 Å². The number of aliphatic hydroxyl groups excluding tert-OH is 3. The van der Waals surface area contributed by atoms with Crippen molar-refractivity contribution in [3.8, 4) is 0 Å². The van der Waals surface area contributed by atoms with E-state index in [4.69, 9.17) is 0 Å². The fourth-order valence-electron chi connectivity index (χ4n) is 8.79. The lowest BCUT2D eigenvalue weighted by molar-refractivity contribution is -0.131. The van der Waals surface area contributed by atoms with Crippen LogP contribution in [-0.2, 0) is 4.79 Å². The van der Waals surface area contributed by atoms with Crippen molar-refractivity contribution in [2.75, 3.05) is 6.61 Å². The van der Waals surface area contributed by atoms with Crippen LogP contribution in [0.15, 0.2) is 36.5 Å². The summed E-state index contributed by atoms with van der Waals surface area (Å²) in [6.45, 7) is 4.20. The van der Waals surface area contributed by atoms with Crippen LogP contribution in [0.4, 0.5) is 0 Å². The number of aliphatic hydroxyl groups is 3. The van der Waals surface area contributed by atoms with E-state index >= 15 is 0 Å². The maximum atomic E-state index is 12.5. The van der Waals surface area contributed by atoms with Gasteiger partial charge in [-0.2, -0.15) is 0 Å². The Kier molecular flexibility index (Phi) is 52.0. The van der Waals surface area contributed by atoms with E-state index in [1.165, 1.54) is 244 Å². The predicted molar refractivity (Wildman–Crippen MR) is 278 cm³/mol. The summed E-state index contributed by atoms with van der Waals surface area (Å²) >= 11 is 0. The molecule has 0 aliphatic heterocycles. The Bertz CT molecular complexity index is 978. The number of rotatable bonds is 52. The summed E-state index contributed by atoms with van der Waals surface area (Å²) in [6, 6.07) is -0.814. The fourth-order valence-corrected chi connectivity index (χ4v) is 8.79. The second kappa shape index (κ2) is 53.2. The predicted octanol–water partition coefficient (Wildman–Crippen LogP) is 17.4. The Hall–Kier alpha value is -1.43. The highest BCUT2D eigenvalue weighted by Crippen LogP contribution is 2.17. The molecule has 0 aromatic heterocycles. The third-order valence-electron chi connectivity index (χ3n) is 13.2. The first-order chi connectivity index (χ1) is 31.1. The van der Waals surface area contributed by atoms with E-state index in [1.54, 1.807) is 6.08 Å². The number of hydrogen-bond acceptors (Lipinski definition) is 4. The molecule has 1 amide bonds. The summed E-state index contributed by atoms with van der Waals surface area (Å²) in [7, 11) is 0. The fraction of sp³-hybridized carbons (Fsp3) is 0.879. The minimum Gasteiger partial charge on any atom is -0.394 e. The number of nitrogens with one attached hydrogen (secondary N) is 1. The van der Waals surface area contributed by atoms with E-state index in [0.717, 1.165) is 38.5 Å². The third-order valence-corrected chi connectivity index (χ3v) is 13.2. The second-order valence-corrected chi connectivity index (χ2v) is 19.5. The smallest absolute Gasteiger partial charge is 0.249 e. The molecule has 0 saturated heterocycles. The molecule has 63 heavy (non-hydrogen) atoms. The molecule has 0 aliphatic rings. The Morgan fingerprint density at radius 2 is 0.651 bits per heavy atom. The zero-order chi connectivity index (χ0) is 45.8. The van der Waals surface area contributed by atoms with Gasteiger partial charge in [0.1, 0.15) is 6.10 Å². The molecule has 3 unspecified atom stereocenters. The van der Waals surface area contributed by atoms with Gasteiger partial charge in [-0.15, -0.1) is 0 Å². The molecule has 0 aliphatic carbocycles. The van der Waals surface area contributed by atoms with Gasteiger partial charge in [0.25, 0.3) is 0 Å². The van der Waals surface area contributed by atoms with Crippen LogP contribution in [0.25, 0.3) is 0 Å². The van der Waals surface area contributed by atoms with Gasteiger partial charge in [-0.25, -0.2) is 0 Å². The summed E-state index contributed by atoms with van der Waals surface area (Å²) in [5.41, 5.74) is 0. The summed E-state index contributed by atoms with van der Waals surface area (Å²) in [5, 5.41) is 33.3. The van der Waals surface area contributed by atoms with Gasteiger partial charge in [0, 0.05) is 0 Å². The van der Waals surface area contributed by atoms with Crippen LogP contribution in [0.5, 0.6) is 0 Å². The van der Waals surface area contributed by atoms with Crippen molar-refractivity contribution in [1.82, 2.24) is 5.32 Å². The van der Waals surface area contributed by atoms with Crippen molar-refractivity contribution in [2.24, 2.45) is 0 Å². The molecular formula is C58H111NO4. The standard InChI is InChI=1S/C58H111NO4/c1-3-5-7-9-11-13-15-17-19-21-23-24-25-26-27-28-29-30-31-32-33-34-35-37-39-41-43-45-47-49-51-53-57(62)58(63)59-55(54-60)56(61)52-50-48-46-44-42-40-38-36-22-20-18-16-14-12-10-8-6-4-2/h26-27,42,44,50,52,55-57,60-62H,3-25,28-41,43,45-49,51,53-54H2,1-2H3,(H,59,63)/b27-26-,44-42+,52-50+. The lowest BCUT2D eigenvalue weighted by atomic mass is 10.0. The Balaban J connectivity index is 3.56. The lowest BCUT2D eigenvalue weighted by Crippen LogP contribution is -2.48. The average Bonchev–Trinajstić information content (AvgIpc) is 3.29. The van der Waals surface area contributed by atoms with Gasteiger partial charge in [0.2, 0.25) is 5.91 Å². The topological polar surface area (TPSA) is 89.8 Å². The number of allylic oxidation sites excluding steroid dienone is 5. The van der Waals surface area contributed by atoms with Crippen LogP contribution in [-0.4, -0.2) is 46.1 Å². The first-order valence-corrected chi connectivity index (χ1v) is 28.3. The molecule has 0 fully saturated rings. The van der Waals surface area contributed by atoms with Crippen LogP contribution in [0, 0.1) is 0 Å². The molecule has 3 atom stereocenters. The van der Waals surface area contributed by atoms with Crippen molar-refractivity contribution < 1.29 is 20.1 Å². The SMILES string of the molecule is CCCCCCCCCCCCCC/C=C\CCCCCCCCCCCCCCCCCC(O)C(=O)NC(CO)C(O)/C=C/CC/C=C/CCCCCCCCCCCCCC. The Morgan fingerprint density at radius 3 is 0.968 bits per heavy atom. The van der Waals surface area contributed by atoms with Gasteiger partial charge in [-0.05, 0) is 57.8 Å². The van der Waals surface area contributed by atoms with E-state index in [0.29, 0.717) is 6.42 Å². The molecule has 0 bridgehead atoms. The zero-order valence-corrected chi connectivity index (χ0v) is 42.5. The maximum absolute atomic E-state index is 12.5. The van der Waals surface area contributed by atoms with Gasteiger partial charge in [0.15, 0.2) is 0 Å². The Morgan fingerprint density at radius 1 is 0.381 bits per heavy atom.